The Balaban J connectivity index is 1.59. The molecule has 1 aliphatic heterocycles. The predicted octanol–water partition coefficient (Wildman–Crippen LogP) is 5.32. The molecule has 1 N–H and O–H groups in total. The Bertz CT molecular complexity index is 1320. The molecule has 0 spiro atoms. The quantitative estimate of drug-likeness (QED) is 0.267. The first-order valence-electron chi connectivity index (χ1n) is 11.0. The van der Waals surface area contributed by atoms with Crippen LogP contribution in [0.5, 0.6) is 11.5 Å². The topological polar surface area (TPSA) is 67.9 Å². The predicted molar refractivity (Wildman–Crippen MR) is 141 cm³/mol. The lowest BCUT2D eigenvalue weighted by Crippen LogP contribution is -2.54. The molecular weight excluding hydrogens is 484 g/mol. The van der Waals surface area contributed by atoms with Gasteiger partial charge in [0.25, 0.3) is 11.8 Å². The first-order chi connectivity index (χ1) is 16.9. The van der Waals surface area contributed by atoms with Crippen molar-refractivity contribution in [1.82, 2.24) is 5.32 Å². The lowest BCUT2D eigenvalue weighted by Gasteiger charge is -2.29. The maximum atomic E-state index is 13.3. The number of methoxy groups -OCH3 is 1. The number of anilines is 1. The zero-order valence-electron chi connectivity index (χ0n) is 19.2. The maximum absolute atomic E-state index is 13.3. The van der Waals surface area contributed by atoms with E-state index < -0.39 is 11.8 Å². The lowest BCUT2D eigenvalue weighted by atomic mass is 10.1. The number of nitrogens with one attached hydrogen (secondary N) is 1. The minimum absolute atomic E-state index is 0.0371. The molecule has 1 aliphatic rings. The molecule has 0 bridgehead atoms. The molecule has 6 nitrogen and oxygen atoms in total. The standard InChI is InChI=1S/C27H23ClN2O4S/c1-3-17-8-11-20(12-9-17)30-26(32)21(25(31)29-27(30)35)14-18-10-13-23(24(15-18)33-2)34-16-19-6-4-5-7-22(19)28/h4-15H,3,16H2,1-2H3,(H,29,31,35)/b21-14+. The second-order valence-corrected chi connectivity index (χ2v) is 8.56. The Kier molecular flexibility index (Phi) is 7.48. The molecule has 1 fully saturated rings. The summed E-state index contributed by atoms with van der Waals surface area (Å²) in [5.41, 5.74) is 3.12. The molecule has 35 heavy (non-hydrogen) atoms. The Morgan fingerprint density at radius 2 is 1.77 bits per heavy atom. The number of carbonyl (C=O) groups excluding carboxylic acids is 2. The van der Waals surface area contributed by atoms with E-state index in [0.717, 1.165) is 17.5 Å². The molecule has 1 heterocycles. The fourth-order valence-corrected chi connectivity index (χ4v) is 4.07. The molecule has 2 amide bonds. The molecule has 3 aromatic rings. The van der Waals surface area contributed by atoms with Crippen molar-refractivity contribution in [3.8, 4) is 11.5 Å². The van der Waals surface area contributed by atoms with Crippen LogP contribution in [0.25, 0.3) is 6.08 Å². The third kappa shape index (κ3) is 5.37. The van der Waals surface area contributed by atoms with Gasteiger partial charge in [0.2, 0.25) is 0 Å². The van der Waals surface area contributed by atoms with Crippen LogP contribution in [0.2, 0.25) is 5.02 Å². The number of carbonyl (C=O) groups is 2. The van der Waals surface area contributed by atoms with Crippen molar-refractivity contribution in [3.05, 3.63) is 94.0 Å². The van der Waals surface area contributed by atoms with Crippen molar-refractivity contribution in [3.63, 3.8) is 0 Å². The summed E-state index contributed by atoms with van der Waals surface area (Å²) in [6.07, 6.45) is 2.38. The number of halogens is 1. The zero-order valence-corrected chi connectivity index (χ0v) is 20.8. The number of nitrogens with zero attached hydrogens (tertiary/aromatic N) is 1. The second kappa shape index (κ2) is 10.7. The Labute approximate surface area is 214 Å². The highest BCUT2D eigenvalue weighted by Crippen LogP contribution is 2.31. The van der Waals surface area contributed by atoms with Gasteiger partial charge < -0.3 is 9.47 Å². The summed E-state index contributed by atoms with van der Waals surface area (Å²) in [5.74, 6) is -0.0918. The molecule has 178 valence electrons. The van der Waals surface area contributed by atoms with Gasteiger partial charge in [0.05, 0.1) is 12.8 Å². The number of benzene rings is 3. The minimum atomic E-state index is -0.556. The van der Waals surface area contributed by atoms with Crippen LogP contribution in [0.4, 0.5) is 5.69 Å². The van der Waals surface area contributed by atoms with Crippen molar-refractivity contribution in [2.45, 2.75) is 20.0 Å². The van der Waals surface area contributed by atoms with Gasteiger partial charge in [-0.05, 0) is 66.2 Å². The van der Waals surface area contributed by atoms with Crippen LogP contribution in [0, 0.1) is 0 Å². The molecule has 1 saturated heterocycles. The van der Waals surface area contributed by atoms with Gasteiger partial charge in [-0.3, -0.25) is 19.8 Å². The van der Waals surface area contributed by atoms with Gasteiger partial charge in [0.15, 0.2) is 16.6 Å². The Morgan fingerprint density at radius 1 is 1.03 bits per heavy atom. The number of hydrogen-bond donors (Lipinski definition) is 1. The van der Waals surface area contributed by atoms with E-state index in [2.05, 4.69) is 5.32 Å². The summed E-state index contributed by atoms with van der Waals surface area (Å²) in [5, 5.41) is 3.26. The third-order valence-corrected chi connectivity index (χ3v) is 6.20. The summed E-state index contributed by atoms with van der Waals surface area (Å²) in [6.45, 7) is 2.31. The number of thiocarbonyl (C=S) groups is 1. The summed E-state index contributed by atoms with van der Waals surface area (Å²) >= 11 is 11.5. The van der Waals surface area contributed by atoms with Crippen LogP contribution >= 0.6 is 23.8 Å². The number of ether oxygens (including phenoxy) is 2. The third-order valence-electron chi connectivity index (χ3n) is 5.54. The average molecular weight is 507 g/mol. The van der Waals surface area contributed by atoms with Crippen LogP contribution in [0.15, 0.2) is 72.3 Å². The van der Waals surface area contributed by atoms with Crippen molar-refractivity contribution in [1.29, 1.82) is 0 Å². The molecule has 0 atom stereocenters. The summed E-state index contributed by atoms with van der Waals surface area (Å²) in [4.78, 5) is 27.2. The highest BCUT2D eigenvalue weighted by atomic mass is 35.5. The van der Waals surface area contributed by atoms with E-state index in [-0.39, 0.29) is 17.3 Å². The van der Waals surface area contributed by atoms with Crippen LogP contribution < -0.4 is 19.7 Å². The van der Waals surface area contributed by atoms with Crippen LogP contribution in [0.1, 0.15) is 23.6 Å². The lowest BCUT2D eigenvalue weighted by molar-refractivity contribution is -0.122. The van der Waals surface area contributed by atoms with Gasteiger partial charge >= 0.3 is 0 Å². The molecule has 0 radical (unpaired) electrons. The first kappa shape index (κ1) is 24.4. The van der Waals surface area contributed by atoms with Crippen molar-refractivity contribution < 1.29 is 19.1 Å². The molecule has 0 aliphatic carbocycles. The summed E-state index contributed by atoms with van der Waals surface area (Å²) in [6, 6.07) is 20.1. The van der Waals surface area contributed by atoms with E-state index in [1.807, 2.05) is 49.4 Å². The average Bonchev–Trinajstić information content (AvgIpc) is 2.86. The molecule has 0 saturated carbocycles. The van der Waals surface area contributed by atoms with E-state index in [4.69, 9.17) is 33.3 Å². The molecule has 0 unspecified atom stereocenters. The summed E-state index contributed by atoms with van der Waals surface area (Å²) in [7, 11) is 1.52. The highest BCUT2D eigenvalue weighted by molar-refractivity contribution is 7.80. The van der Waals surface area contributed by atoms with E-state index in [9.17, 15) is 9.59 Å². The van der Waals surface area contributed by atoms with E-state index in [1.54, 1.807) is 24.3 Å². The largest absolute Gasteiger partial charge is 0.493 e. The van der Waals surface area contributed by atoms with E-state index in [0.29, 0.717) is 27.8 Å². The van der Waals surface area contributed by atoms with E-state index in [1.165, 1.54) is 18.1 Å². The number of rotatable bonds is 7. The highest BCUT2D eigenvalue weighted by Gasteiger charge is 2.34. The van der Waals surface area contributed by atoms with Crippen LogP contribution in [-0.4, -0.2) is 24.0 Å². The van der Waals surface area contributed by atoms with Gasteiger partial charge in [-0.2, -0.15) is 0 Å². The van der Waals surface area contributed by atoms with Gasteiger partial charge in [0, 0.05) is 10.6 Å². The second-order valence-electron chi connectivity index (χ2n) is 7.77. The van der Waals surface area contributed by atoms with Crippen molar-refractivity contribution >= 4 is 52.5 Å². The first-order valence-corrected chi connectivity index (χ1v) is 11.7. The maximum Gasteiger partial charge on any atom is 0.270 e. The molecular formula is C27H23ClN2O4S. The van der Waals surface area contributed by atoms with Gasteiger partial charge in [-0.25, -0.2) is 0 Å². The monoisotopic (exact) mass is 506 g/mol. The Morgan fingerprint density at radius 3 is 2.46 bits per heavy atom. The van der Waals surface area contributed by atoms with Gasteiger partial charge in [-0.15, -0.1) is 0 Å². The SMILES string of the molecule is CCc1ccc(N2C(=O)/C(=C/c3ccc(OCc4ccccc4Cl)c(OC)c3)C(=O)NC2=S)cc1. The van der Waals surface area contributed by atoms with Gasteiger partial charge in [0.1, 0.15) is 12.2 Å². The zero-order chi connectivity index (χ0) is 24.9. The van der Waals surface area contributed by atoms with Crippen LogP contribution in [0.3, 0.4) is 0 Å². The molecule has 0 aromatic heterocycles. The van der Waals surface area contributed by atoms with Crippen molar-refractivity contribution in [2.75, 3.05) is 12.0 Å². The van der Waals surface area contributed by atoms with Crippen molar-refractivity contribution in [2.24, 2.45) is 0 Å². The number of hydrogen-bond acceptors (Lipinski definition) is 5. The fraction of sp³-hybridized carbons (Fsp3) is 0.148. The smallest absolute Gasteiger partial charge is 0.270 e. The van der Waals surface area contributed by atoms with Gasteiger partial charge in [-0.1, -0.05) is 54.9 Å². The van der Waals surface area contributed by atoms with E-state index >= 15 is 0 Å². The number of aryl methyl sites for hydroxylation is 1. The molecule has 4 rings (SSSR count). The molecule has 8 heteroatoms. The fourth-order valence-electron chi connectivity index (χ4n) is 3.60. The Hall–Kier alpha value is -3.68. The molecule has 3 aromatic carbocycles. The van der Waals surface area contributed by atoms with Crippen LogP contribution in [-0.2, 0) is 22.6 Å². The summed E-state index contributed by atoms with van der Waals surface area (Å²) < 4.78 is 11.4. The minimum Gasteiger partial charge on any atom is -0.493 e. The number of amides is 2. The normalized spacial score (nSPS) is 14.8.